The van der Waals surface area contributed by atoms with E-state index in [-0.39, 0.29) is 18.6 Å². The van der Waals surface area contributed by atoms with Gasteiger partial charge in [-0.15, -0.1) is 0 Å². The Morgan fingerprint density at radius 3 is 2.83 bits per heavy atom. The first-order chi connectivity index (χ1) is 11.3. The van der Waals surface area contributed by atoms with Crippen molar-refractivity contribution in [2.45, 2.75) is 44.8 Å². The number of hydrogen-bond acceptors (Lipinski definition) is 4. The number of hydrogen-bond donors (Lipinski definition) is 1. The first-order valence-electron chi connectivity index (χ1n) is 8.37. The van der Waals surface area contributed by atoms with E-state index in [1.807, 2.05) is 24.3 Å². The molecule has 0 unspecified atom stereocenters. The number of ether oxygens (including phenoxy) is 3. The van der Waals surface area contributed by atoms with Crippen molar-refractivity contribution >= 4 is 5.91 Å². The van der Waals surface area contributed by atoms with Crippen LogP contribution in [-0.2, 0) is 20.8 Å². The average molecular weight is 321 g/mol. The highest BCUT2D eigenvalue weighted by Gasteiger charge is 2.15. The minimum atomic E-state index is -0.0683. The van der Waals surface area contributed by atoms with E-state index in [1.165, 1.54) is 19.3 Å². The molecule has 0 spiro atoms. The fraction of sp³-hybridized carbons (Fsp3) is 0.611. The first kappa shape index (κ1) is 17.8. The van der Waals surface area contributed by atoms with Gasteiger partial charge in [0.1, 0.15) is 19.0 Å². The molecular weight excluding hydrogens is 294 g/mol. The molecule has 2 rings (SSSR count). The molecule has 1 aromatic rings. The Kier molecular flexibility index (Phi) is 7.90. The third kappa shape index (κ3) is 7.01. The van der Waals surface area contributed by atoms with Crippen molar-refractivity contribution in [3.8, 4) is 5.75 Å². The van der Waals surface area contributed by atoms with Gasteiger partial charge in [-0.2, -0.15) is 0 Å². The Bertz CT molecular complexity index is 472. The summed E-state index contributed by atoms with van der Waals surface area (Å²) >= 11 is 0. The van der Waals surface area contributed by atoms with Gasteiger partial charge in [-0.05, 0) is 30.5 Å². The highest BCUT2D eigenvalue weighted by Crippen LogP contribution is 2.20. The predicted octanol–water partition coefficient (Wildman–Crippen LogP) is 2.68. The number of rotatable bonds is 9. The van der Waals surface area contributed by atoms with Crippen LogP contribution in [0.15, 0.2) is 24.3 Å². The Balaban J connectivity index is 1.67. The molecule has 0 saturated heterocycles. The number of methoxy groups -OCH3 is 1. The van der Waals surface area contributed by atoms with Gasteiger partial charge in [-0.3, -0.25) is 4.79 Å². The normalized spacial score (nSPS) is 15.3. The fourth-order valence-electron chi connectivity index (χ4n) is 2.67. The minimum Gasteiger partial charge on any atom is -0.491 e. The summed E-state index contributed by atoms with van der Waals surface area (Å²) in [6.45, 7) is 1.70. The lowest BCUT2D eigenvalue weighted by Crippen LogP contribution is -2.30. The van der Waals surface area contributed by atoms with Crippen molar-refractivity contribution in [1.82, 2.24) is 5.32 Å². The van der Waals surface area contributed by atoms with Gasteiger partial charge in [0, 0.05) is 13.7 Å². The summed E-state index contributed by atoms with van der Waals surface area (Å²) in [6.07, 6.45) is 6.12. The summed E-state index contributed by atoms with van der Waals surface area (Å²) in [5, 5.41) is 2.89. The van der Waals surface area contributed by atoms with Crippen molar-refractivity contribution in [3.63, 3.8) is 0 Å². The standard InChI is InChI=1S/C18H27NO4/c1-21-10-11-22-17-9-5-6-15(12-17)13-19-18(20)14-23-16-7-3-2-4-8-16/h5-6,9,12,16H,2-4,7-8,10-11,13-14H2,1H3,(H,19,20). The van der Waals surface area contributed by atoms with Crippen LogP contribution in [0.3, 0.4) is 0 Å². The third-order valence-corrected chi connectivity index (χ3v) is 3.95. The molecule has 1 aromatic carbocycles. The van der Waals surface area contributed by atoms with Crippen LogP contribution in [0.4, 0.5) is 0 Å². The van der Waals surface area contributed by atoms with Gasteiger partial charge in [0.15, 0.2) is 0 Å². The molecule has 1 aliphatic carbocycles. The highest BCUT2D eigenvalue weighted by molar-refractivity contribution is 5.77. The molecule has 23 heavy (non-hydrogen) atoms. The van der Waals surface area contributed by atoms with E-state index in [0.29, 0.717) is 19.8 Å². The van der Waals surface area contributed by atoms with Gasteiger partial charge in [0.25, 0.3) is 0 Å². The van der Waals surface area contributed by atoms with Gasteiger partial charge in [-0.1, -0.05) is 31.4 Å². The molecule has 0 bridgehead atoms. The summed E-state index contributed by atoms with van der Waals surface area (Å²) in [6, 6.07) is 7.71. The smallest absolute Gasteiger partial charge is 0.246 e. The lowest BCUT2D eigenvalue weighted by molar-refractivity contribution is -0.128. The van der Waals surface area contributed by atoms with Crippen molar-refractivity contribution in [2.24, 2.45) is 0 Å². The second-order valence-electron chi connectivity index (χ2n) is 5.84. The lowest BCUT2D eigenvalue weighted by atomic mass is 9.98. The molecule has 5 heteroatoms. The van der Waals surface area contributed by atoms with Gasteiger partial charge in [0.05, 0.1) is 12.7 Å². The Morgan fingerprint density at radius 1 is 1.22 bits per heavy atom. The van der Waals surface area contributed by atoms with E-state index in [9.17, 15) is 4.79 Å². The van der Waals surface area contributed by atoms with Gasteiger partial charge < -0.3 is 19.5 Å². The van der Waals surface area contributed by atoms with Crippen molar-refractivity contribution in [2.75, 3.05) is 26.9 Å². The molecule has 0 atom stereocenters. The predicted molar refractivity (Wildman–Crippen MR) is 88.5 cm³/mol. The molecule has 0 aliphatic heterocycles. The van der Waals surface area contributed by atoms with Gasteiger partial charge in [0.2, 0.25) is 5.91 Å². The van der Waals surface area contributed by atoms with Crippen LogP contribution >= 0.6 is 0 Å². The van der Waals surface area contributed by atoms with Crippen LogP contribution in [-0.4, -0.2) is 38.9 Å². The van der Waals surface area contributed by atoms with E-state index in [2.05, 4.69) is 5.32 Å². The summed E-state index contributed by atoms with van der Waals surface area (Å²) in [4.78, 5) is 11.9. The maximum absolute atomic E-state index is 11.9. The van der Waals surface area contributed by atoms with Crippen molar-refractivity contribution in [3.05, 3.63) is 29.8 Å². The highest BCUT2D eigenvalue weighted by atomic mass is 16.5. The van der Waals surface area contributed by atoms with Crippen LogP contribution in [0, 0.1) is 0 Å². The Morgan fingerprint density at radius 2 is 2.04 bits per heavy atom. The molecular formula is C18H27NO4. The van der Waals surface area contributed by atoms with Crippen LogP contribution in [0.25, 0.3) is 0 Å². The van der Waals surface area contributed by atoms with Crippen LogP contribution < -0.4 is 10.1 Å². The van der Waals surface area contributed by atoms with E-state index in [0.717, 1.165) is 24.2 Å². The Hall–Kier alpha value is -1.59. The largest absolute Gasteiger partial charge is 0.491 e. The maximum atomic E-state index is 11.9. The molecule has 0 radical (unpaired) electrons. The van der Waals surface area contributed by atoms with Crippen LogP contribution in [0.2, 0.25) is 0 Å². The molecule has 1 aliphatic rings. The quantitative estimate of drug-likeness (QED) is 0.711. The SMILES string of the molecule is COCCOc1cccc(CNC(=O)COC2CCCCC2)c1. The second kappa shape index (κ2) is 10.2. The van der Waals surface area contributed by atoms with Crippen LogP contribution in [0.5, 0.6) is 5.75 Å². The zero-order chi connectivity index (χ0) is 16.3. The fourth-order valence-corrected chi connectivity index (χ4v) is 2.67. The Labute approximate surface area is 138 Å². The van der Waals surface area contributed by atoms with E-state index in [1.54, 1.807) is 7.11 Å². The number of carbonyl (C=O) groups excluding carboxylic acids is 1. The molecule has 1 amide bonds. The van der Waals surface area contributed by atoms with E-state index >= 15 is 0 Å². The van der Waals surface area contributed by atoms with Crippen molar-refractivity contribution < 1.29 is 19.0 Å². The zero-order valence-electron chi connectivity index (χ0n) is 13.9. The zero-order valence-corrected chi connectivity index (χ0v) is 13.9. The number of nitrogens with one attached hydrogen (secondary N) is 1. The average Bonchev–Trinajstić information content (AvgIpc) is 2.60. The summed E-state index contributed by atoms with van der Waals surface area (Å²) in [5.74, 6) is 0.716. The lowest BCUT2D eigenvalue weighted by Gasteiger charge is -2.21. The van der Waals surface area contributed by atoms with Crippen LogP contribution in [0.1, 0.15) is 37.7 Å². The van der Waals surface area contributed by atoms with E-state index < -0.39 is 0 Å². The second-order valence-corrected chi connectivity index (χ2v) is 5.84. The first-order valence-corrected chi connectivity index (χ1v) is 8.37. The van der Waals surface area contributed by atoms with Gasteiger partial charge >= 0.3 is 0 Å². The topological polar surface area (TPSA) is 56.8 Å². The minimum absolute atomic E-state index is 0.0683. The summed E-state index contributed by atoms with van der Waals surface area (Å²) in [7, 11) is 1.64. The number of benzene rings is 1. The monoisotopic (exact) mass is 321 g/mol. The van der Waals surface area contributed by atoms with E-state index in [4.69, 9.17) is 14.2 Å². The maximum Gasteiger partial charge on any atom is 0.246 e. The summed E-state index contributed by atoms with van der Waals surface area (Å²) in [5.41, 5.74) is 1.01. The molecule has 1 saturated carbocycles. The molecule has 1 fully saturated rings. The molecule has 0 aromatic heterocycles. The number of amides is 1. The number of carbonyl (C=O) groups is 1. The molecule has 1 N–H and O–H groups in total. The third-order valence-electron chi connectivity index (χ3n) is 3.95. The molecule has 0 heterocycles. The van der Waals surface area contributed by atoms with Crippen molar-refractivity contribution in [1.29, 1.82) is 0 Å². The molecule has 128 valence electrons. The molecule has 5 nitrogen and oxygen atoms in total. The van der Waals surface area contributed by atoms with Gasteiger partial charge in [-0.25, -0.2) is 0 Å². The summed E-state index contributed by atoms with van der Waals surface area (Å²) < 4.78 is 16.2.